The minimum absolute atomic E-state index is 0.261. The van der Waals surface area contributed by atoms with E-state index in [-0.39, 0.29) is 4.90 Å². The van der Waals surface area contributed by atoms with Crippen LogP contribution in [0.3, 0.4) is 0 Å². The molecule has 0 atom stereocenters. The minimum Gasteiger partial charge on any atom is -0.302 e. The highest BCUT2D eigenvalue weighted by atomic mass is 35.5. The lowest BCUT2D eigenvalue weighted by Crippen LogP contribution is -2.39. The van der Waals surface area contributed by atoms with Crippen molar-refractivity contribution in [3.63, 3.8) is 0 Å². The van der Waals surface area contributed by atoms with Crippen LogP contribution < -0.4 is 4.72 Å². The van der Waals surface area contributed by atoms with Gasteiger partial charge in [0.05, 0.1) is 4.90 Å². The van der Waals surface area contributed by atoms with Crippen LogP contribution in [0.4, 0.5) is 0 Å². The van der Waals surface area contributed by atoms with Crippen molar-refractivity contribution in [2.45, 2.75) is 30.6 Å². The first-order valence-electron chi connectivity index (χ1n) is 8.47. The zero-order chi connectivity index (χ0) is 17.9. The summed E-state index contributed by atoms with van der Waals surface area (Å²) in [6.07, 6.45) is 2.28. The molecule has 0 spiro atoms. The first-order valence-corrected chi connectivity index (χ1v) is 11.2. The molecular weight excluding hydrogens is 376 g/mol. The van der Waals surface area contributed by atoms with E-state index in [1.165, 1.54) is 10.9 Å². The Morgan fingerprint density at radius 3 is 2.72 bits per heavy atom. The molecule has 1 saturated heterocycles. The monoisotopic (exact) mass is 398 g/mol. The van der Waals surface area contributed by atoms with E-state index in [2.05, 4.69) is 27.1 Å². The fourth-order valence-electron chi connectivity index (χ4n) is 3.24. The standard InChI is InChI=1S/C18H23ClN2O2S2/c1-14-4-5-16(19)13-18(14)25(22,23)20-8-11-21-9-6-15(7-10-21)17-3-2-12-24-17/h2-5,12-13,15,20H,6-11H2,1H3. The number of halogens is 1. The van der Waals surface area contributed by atoms with E-state index in [0.717, 1.165) is 32.5 Å². The molecule has 0 radical (unpaired) electrons. The molecule has 0 amide bonds. The molecule has 1 fully saturated rings. The Morgan fingerprint density at radius 2 is 2.04 bits per heavy atom. The molecule has 136 valence electrons. The van der Waals surface area contributed by atoms with Crippen LogP contribution in [-0.2, 0) is 10.0 Å². The number of sulfonamides is 1. The van der Waals surface area contributed by atoms with Crippen molar-refractivity contribution in [1.82, 2.24) is 9.62 Å². The molecule has 1 N–H and O–H groups in total. The number of benzene rings is 1. The van der Waals surface area contributed by atoms with E-state index in [1.807, 2.05) is 11.3 Å². The molecule has 0 aliphatic carbocycles. The summed E-state index contributed by atoms with van der Waals surface area (Å²) in [5.74, 6) is 0.655. The highest BCUT2D eigenvalue weighted by Crippen LogP contribution is 2.30. The van der Waals surface area contributed by atoms with Crippen LogP contribution in [0.1, 0.15) is 29.2 Å². The third-order valence-corrected chi connectivity index (χ3v) is 7.57. The minimum atomic E-state index is -3.52. The molecule has 2 aromatic rings. The normalized spacial score (nSPS) is 17.0. The van der Waals surface area contributed by atoms with Crippen LogP contribution in [0, 0.1) is 6.92 Å². The van der Waals surface area contributed by atoms with E-state index in [0.29, 0.717) is 23.0 Å². The highest BCUT2D eigenvalue weighted by Gasteiger charge is 2.22. The van der Waals surface area contributed by atoms with E-state index >= 15 is 0 Å². The Morgan fingerprint density at radius 1 is 1.28 bits per heavy atom. The lowest BCUT2D eigenvalue weighted by atomic mass is 9.95. The van der Waals surface area contributed by atoms with Crippen molar-refractivity contribution in [2.75, 3.05) is 26.2 Å². The Hall–Kier alpha value is -0.920. The van der Waals surface area contributed by atoms with Gasteiger partial charge in [0.15, 0.2) is 0 Å². The summed E-state index contributed by atoms with van der Waals surface area (Å²) in [6.45, 7) is 4.95. The lowest BCUT2D eigenvalue weighted by molar-refractivity contribution is 0.217. The number of thiophene rings is 1. The van der Waals surface area contributed by atoms with E-state index in [4.69, 9.17) is 11.6 Å². The van der Waals surface area contributed by atoms with Crippen LogP contribution in [-0.4, -0.2) is 39.5 Å². The summed E-state index contributed by atoms with van der Waals surface area (Å²) in [5, 5.41) is 2.57. The molecule has 1 aromatic heterocycles. The van der Waals surface area contributed by atoms with Crippen molar-refractivity contribution in [1.29, 1.82) is 0 Å². The van der Waals surface area contributed by atoms with E-state index < -0.39 is 10.0 Å². The van der Waals surface area contributed by atoms with E-state index in [1.54, 1.807) is 19.1 Å². The van der Waals surface area contributed by atoms with Crippen LogP contribution >= 0.6 is 22.9 Å². The van der Waals surface area contributed by atoms with Gasteiger partial charge in [-0.3, -0.25) is 0 Å². The first-order chi connectivity index (χ1) is 12.0. The smallest absolute Gasteiger partial charge is 0.240 e. The Balaban J connectivity index is 1.49. The van der Waals surface area contributed by atoms with Gasteiger partial charge in [0.25, 0.3) is 0 Å². The largest absolute Gasteiger partial charge is 0.302 e. The van der Waals surface area contributed by atoms with Gasteiger partial charge in [-0.25, -0.2) is 13.1 Å². The summed E-state index contributed by atoms with van der Waals surface area (Å²) in [7, 11) is -3.52. The lowest BCUT2D eigenvalue weighted by Gasteiger charge is -2.31. The number of hydrogen-bond acceptors (Lipinski definition) is 4. The molecule has 1 aliphatic rings. The number of piperidine rings is 1. The molecule has 1 aromatic carbocycles. The second kappa shape index (κ2) is 8.18. The van der Waals surface area contributed by atoms with Gasteiger partial charge in [-0.2, -0.15) is 0 Å². The van der Waals surface area contributed by atoms with Crippen LogP contribution in [0.2, 0.25) is 5.02 Å². The van der Waals surface area contributed by atoms with Gasteiger partial charge in [-0.15, -0.1) is 11.3 Å². The molecule has 7 heteroatoms. The molecule has 3 rings (SSSR count). The zero-order valence-electron chi connectivity index (χ0n) is 14.2. The third-order valence-electron chi connectivity index (χ3n) is 4.69. The number of nitrogens with one attached hydrogen (secondary N) is 1. The summed E-state index contributed by atoms with van der Waals surface area (Å²) in [5.41, 5.74) is 0.702. The average molecular weight is 399 g/mol. The second-order valence-corrected chi connectivity index (χ2v) is 9.59. The van der Waals surface area contributed by atoms with Gasteiger partial charge in [0, 0.05) is 23.0 Å². The quantitative estimate of drug-likeness (QED) is 0.803. The molecule has 2 heterocycles. The van der Waals surface area contributed by atoms with Crippen LogP contribution in [0.15, 0.2) is 40.6 Å². The molecule has 4 nitrogen and oxygen atoms in total. The van der Waals surface area contributed by atoms with Gasteiger partial charge in [-0.05, 0) is 67.9 Å². The van der Waals surface area contributed by atoms with Crippen molar-refractivity contribution in [3.05, 3.63) is 51.2 Å². The number of likely N-dealkylation sites (tertiary alicyclic amines) is 1. The van der Waals surface area contributed by atoms with Crippen molar-refractivity contribution in [2.24, 2.45) is 0 Å². The predicted molar refractivity (Wildman–Crippen MR) is 104 cm³/mol. The Bertz CT molecular complexity index is 798. The maximum absolute atomic E-state index is 12.5. The molecule has 0 bridgehead atoms. The summed E-state index contributed by atoms with van der Waals surface area (Å²) in [6, 6.07) is 9.26. The number of rotatable bonds is 6. The zero-order valence-corrected chi connectivity index (χ0v) is 16.6. The molecular formula is C18H23ClN2O2S2. The highest BCUT2D eigenvalue weighted by molar-refractivity contribution is 7.89. The van der Waals surface area contributed by atoms with Gasteiger partial charge in [0.1, 0.15) is 0 Å². The Labute approximate surface area is 158 Å². The van der Waals surface area contributed by atoms with Crippen molar-refractivity contribution in [3.8, 4) is 0 Å². The Kier molecular flexibility index (Phi) is 6.17. The average Bonchev–Trinajstić information content (AvgIpc) is 3.12. The topological polar surface area (TPSA) is 49.4 Å². The molecule has 1 aliphatic heterocycles. The van der Waals surface area contributed by atoms with Gasteiger partial charge < -0.3 is 4.90 Å². The van der Waals surface area contributed by atoms with Crippen LogP contribution in [0.5, 0.6) is 0 Å². The SMILES string of the molecule is Cc1ccc(Cl)cc1S(=O)(=O)NCCN1CCC(c2cccs2)CC1. The molecule has 25 heavy (non-hydrogen) atoms. The molecule has 0 unspecified atom stereocenters. The summed E-state index contributed by atoms with van der Waals surface area (Å²) >= 11 is 7.77. The summed E-state index contributed by atoms with van der Waals surface area (Å²) in [4.78, 5) is 4.06. The van der Waals surface area contributed by atoms with Crippen molar-refractivity contribution >= 4 is 33.0 Å². The van der Waals surface area contributed by atoms with Crippen LogP contribution in [0.25, 0.3) is 0 Å². The van der Waals surface area contributed by atoms with Gasteiger partial charge in [0.2, 0.25) is 10.0 Å². The predicted octanol–water partition coefficient (Wildman–Crippen LogP) is 3.87. The third kappa shape index (κ3) is 4.83. The summed E-state index contributed by atoms with van der Waals surface area (Å²) < 4.78 is 27.6. The van der Waals surface area contributed by atoms with E-state index in [9.17, 15) is 8.42 Å². The first kappa shape index (κ1) is 18.9. The fraction of sp³-hybridized carbons (Fsp3) is 0.444. The van der Waals surface area contributed by atoms with Gasteiger partial charge >= 0.3 is 0 Å². The number of nitrogens with zero attached hydrogens (tertiary/aromatic N) is 1. The molecule has 0 saturated carbocycles. The number of hydrogen-bond donors (Lipinski definition) is 1. The second-order valence-electron chi connectivity index (χ2n) is 6.44. The maximum atomic E-state index is 12.5. The van der Waals surface area contributed by atoms with Gasteiger partial charge in [-0.1, -0.05) is 23.7 Å². The number of aryl methyl sites for hydroxylation is 1. The van der Waals surface area contributed by atoms with Crippen molar-refractivity contribution < 1.29 is 8.42 Å². The maximum Gasteiger partial charge on any atom is 0.240 e. The fourth-order valence-corrected chi connectivity index (χ4v) is 5.67.